The van der Waals surface area contributed by atoms with E-state index in [2.05, 4.69) is 26.3 Å². The van der Waals surface area contributed by atoms with Gasteiger partial charge in [0.2, 0.25) is 0 Å². The summed E-state index contributed by atoms with van der Waals surface area (Å²) in [4.78, 5) is 12.3. The van der Waals surface area contributed by atoms with E-state index >= 15 is 0 Å². The molecule has 0 aliphatic rings. The molecule has 0 saturated heterocycles. The fraction of sp³-hybridized carbons (Fsp3) is 0.250. The number of aromatic nitrogens is 3. The fourth-order valence-corrected chi connectivity index (χ4v) is 1.64. The zero-order chi connectivity index (χ0) is 11.4. The SMILES string of the molecule is CNC(c1cncnc1)c1ccc(C)nc1. The summed E-state index contributed by atoms with van der Waals surface area (Å²) in [5.41, 5.74) is 3.17. The Hall–Kier alpha value is -1.81. The molecule has 0 saturated carbocycles. The molecule has 0 radical (unpaired) electrons. The second-order valence-corrected chi connectivity index (χ2v) is 3.63. The first kappa shape index (κ1) is 10.7. The lowest BCUT2D eigenvalue weighted by Gasteiger charge is -2.15. The van der Waals surface area contributed by atoms with Crippen LogP contribution < -0.4 is 5.32 Å². The quantitative estimate of drug-likeness (QED) is 0.841. The van der Waals surface area contributed by atoms with Crippen LogP contribution in [0.25, 0.3) is 0 Å². The van der Waals surface area contributed by atoms with Crippen LogP contribution in [-0.2, 0) is 0 Å². The molecule has 0 amide bonds. The van der Waals surface area contributed by atoms with E-state index in [1.54, 1.807) is 0 Å². The molecule has 16 heavy (non-hydrogen) atoms. The van der Waals surface area contributed by atoms with E-state index < -0.39 is 0 Å². The van der Waals surface area contributed by atoms with Crippen molar-refractivity contribution in [3.63, 3.8) is 0 Å². The minimum atomic E-state index is 0.0919. The van der Waals surface area contributed by atoms with Crippen molar-refractivity contribution in [2.45, 2.75) is 13.0 Å². The van der Waals surface area contributed by atoms with Gasteiger partial charge in [0.25, 0.3) is 0 Å². The van der Waals surface area contributed by atoms with Crippen LogP contribution >= 0.6 is 0 Å². The molecule has 82 valence electrons. The summed E-state index contributed by atoms with van der Waals surface area (Å²) < 4.78 is 0. The molecule has 0 spiro atoms. The normalized spacial score (nSPS) is 12.4. The molecule has 4 nitrogen and oxygen atoms in total. The molecule has 2 aromatic heterocycles. The zero-order valence-corrected chi connectivity index (χ0v) is 9.38. The maximum atomic E-state index is 4.29. The van der Waals surface area contributed by atoms with Gasteiger partial charge >= 0.3 is 0 Å². The first-order chi connectivity index (χ1) is 7.81. The Morgan fingerprint density at radius 1 is 1.06 bits per heavy atom. The van der Waals surface area contributed by atoms with Crippen LogP contribution in [-0.4, -0.2) is 22.0 Å². The number of hydrogen-bond donors (Lipinski definition) is 1. The Kier molecular flexibility index (Phi) is 3.22. The van der Waals surface area contributed by atoms with Crippen molar-refractivity contribution in [1.82, 2.24) is 20.3 Å². The monoisotopic (exact) mass is 214 g/mol. The molecule has 0 aromatic carbocycles. The van der Waals surface area contributed by atoms with Gasteiger partial charge in [0, 0.05) is 29.8 Å². The van der Waals surface area contributed by atoms with Gasteiger partial charge in [-0.2, -0.15) is 0 Å². The van der Waals surface area contributed by atoms with Gasteiger partial charge in [-0.15, -0.1) is 0 Å². The van der Waals surface area contributed by atoms with Crippen LogP contribution in [0.5, 0.6) is 0 Å². The van der Waals surface area contributed by atoms with Gasteiger partial charge in [0.1, 0.15) is 6.33 Å². The Morgan fingerprint density at radius 3 is 2.38 bits per heavy atom. The van der Waals surface area contributed by atoms with Crippen molar-refractivity contribution in [2.75, 3.05) is 7.05 Å². The maximum absolute atomic E-state index is 4.29. The number of nitrogens with zero attached hydrogens (tertiary/aromatic N) is 3. The predicted molar refractivity (Wildman–Crippen MR) is 61.9 cm³/mol. The largest absolute Gasteiger partial charge is 0.309 e. The minimum Gasteiger partial charge on any atom is -0.309 e. The zero-order valence-electron chi connectivity index (χ0n) is 9.38. The van der Waals surface area contributed by atoms with Crippen LogP contribution in [0.2, 0.25) is 0 Å². The Bertz CT molecular complexity index is 438. The highest BCUT2D eigenvalue weighted by molar-refractivity contribution is 5.27. The molecule has 0 fully saturated rings. The van der Waals surface area contributed by atoms with E-state index in [-0.39, 0.29) is 6.04 Å². The van der Waals surface area contributed by atoms with Crippen molar-refractivity contribution in [1.29, 1.82) is 0 Å². The predicted octanol–water partition coefficient (Wildman–Crippen LogP) is 1.49. The van der Waals surface area contributed by atoms with Gasteiger partial charge < -0.3 is 5.32 Å². The number of pyridine rings is 1. The first-order valence-electron chi connectivity index (χ1n) is 5.16. The molecule has 2 rings (SSSR count). The van der Waals surface area contributed by atoms with Gasteiger partial charge in [0.05, 0.1) is 6.04 Å². The molecular weight excluding hydrogens is 200 g/mol. The number of hydrogen-bond acceptors (Lipinski definition) is 4. The summed E-state index contributed by atoms with van der Waals surface area (Å²) in [7, 11) is 1.91. The average Bonchev–Trinajstić information content (AvgIpc) is 2.34. The van der Waals surface area contributed by atoms with Crippen LogP contribution in [0, 0.1) is 6.92 Å². The number of nitrogens with one attached hydrogen (secondary N) is 1. The van der Waals surface area contributed by atoms with Crippen LogP contribution in [0.1, 0.15) is 22.9 Å². The van der Waals surface area contributed by atoms with E-state index in [9.17, 15) is 0 Å². The topological polar surface area (TPSA) is 50.7 Å². The van der Waals surface area contributed by atoms with E-state index in [4.69, 9.17) is 0 Å². The van der Waals surface area contributed by atoms with Gasteiger partial charge in [-0.25, -0.2) is 9.97 Å². The second kappa shape index (κ2) is 4.81. The molecule has 0 aliphatic carbocycles. The number of rotatable bonds is 3. The van der Waals surface area contributed by atoms with Gasteiger partial charge in [-0.05, 0) is 25.6 Å². The van der Waals surface area contributed by atoms with Gasteiger partial charge in [-0.3, -0.25) is 4.98 Å². The minimum absolute atomic E-state index is 0.0919. The highest BCUT2D eigenvalue weighted by Gasteiger charge is 2.12. The molecule has 0 bridgehead atoms. The summed E-state index contributed by atoms with van der Waals surface area (Å²) in [5, 5.41) is 3.23. The van der Waals surface area contributed by atoms with Crippen LogP contribution in [0.15, 0.2) is 37.1 Å². The summed E-state index contributed by atoms with van der Waals surface area (Å²) in [6, 6.07) is 4.16. The summed E-state index contributed by atoms with van der Waals surface area (Å²) in [6.45, 7) is 1.98. The van der Waals surface area contributed by atoms with Crippen molar-refractivity contribution >= 4 is 0 Å². The molecule has 4 heteroatoms. The molecule has 2 heterocycles. The first-order valence-corrected chi connectivity index (χ1v) is 5.16. The smallest absolute Gasteiger partial charge is 0.115 e. The van der Waals surface area contributed by atoms with Crippen molar-refractivity contribution in [3.8, 4) is 0 Å². The molecule has 1 atom stereocenters. The van der Waals surface area contributed by atoms with E-state index in [1.807, 2.05) is 38.6 Å². The highest BCUT2D eigenvalue weighted by Crippen LogP contribution is 2.19. The molecule has 1 N–H and O–H groups in total. The molecular formula is C12H14N4. The van der Waals surface area contributed by atoms with E-state index in [0.717, 1.165) is 16.8 Å². The van der Waals surface area contributed by atoms with Crippen molar-refractivity contribution in [2.24, 2.45) is 0 Å². The van der Waals surface area contributed by atoms with E-state index in [1.165, 1.54) is 6.33 Å². The third-order valence-corrected chi connectivity index (χ3v) is 2.47. The highest BCUT2D eigenvalue weighted by atomic mass is 14.9. The third kappa shape index (κ3) is 2.23. The average molecular weight is 214 g/mol. The number of aryl methyl sites for hydroxylation is 1. The molecule has 0 aliphatic heterocycles. The lowest BCUT2D eigenvalue weighted by molar-refractivity contribution is 0.681. The molecule has 1 unspecified atom stereocenters. The van der Waals surface area contributed by atoms with Crippen LogP contribution in [0.3, 0.4) is 0 Å². The summed E-state index contributed by atoms with van der Waals surface area (Å²) in [5.74, 6) is 0. The Balaban J connectivity index is 2.33. The standard InChI is InChI=1S/C12H14N4/c1-9-3-4-10(7-16-9)12(13-2)11-5-14-8-15-6-11/h3-8,12-13H,1-2H3. The summed E-state index contributed by atoms with van der Waals surface area (Å²) >= 11 is 0. The van der Waals surface area contributed by atoms with Gasteiger partial charge in [0.15, 0.2) is 0 Å². The van der Waals surface area contributed by atoms with Crippen molar-refractivity contribution in [3.05, 3.63) is 53.9 Å². The van der Waals surface area contributed by atoms with Gasteiger partial charge in [-0.1, -0.05) is 6.07 Å². The summed E-state index contributed by atoms with van der Waals surface area (Å²) in [6.07, 6.45) is 7.04. The Morgan fingerprint density at radius 2 is 1.81 bits per heavy atom. The fourth-order valence-electron chi connectivity index (χ4n) is 1.64. The maximum Gasteiger partial charge on any atom is 0.115 e. The van der Waals surface area contributed by atoms with Crippen LogP contribution in [0.4, 0.5) is 0 Å². The lowest BCUT2D eigenvalue weighted by atomic mass is 10.0. The van der Waals surface area contributed by atoms with E-state index in [0.29, 0.717) is 0 Å². The third-order valence-electron chi connectivity index (χ3n) is 2.47. The molecule has 2 aromatic rings. The van der Waals surface area contributed by atoms with Crippen molar-refractivity contribution < 1.29 is 0 Å². The lowest BCUT2D eigenvalue weighted by Crippen LogP contribution is -2.18. The Labute approximate surface area is 94.8 Å². The second-order valence-electron chi connectivity index (χ2n) is 3.63.